The highest BCUT2D eigenvalue weighted by Gasteiger charge is 2.16. The van der Waals surface area contributed by atoms with E-state index >= 15 is 0 Å². The average Bonchev–Trinajstić information content (AvgIpc) is 2.79. The Hall–Kier alpha value is -1.39. The molecule has 0 radical (unpaired) electrons. The fraction of sp³-hybridized carbons (Fsp3) is 0.385. The predicted molar refractivity (Wildman–Crippen MR) is 70.5 cm³/mol. The fourth-order valence-corrected chi connectivity index (χ4v) is 2.17. The summed E-state index contributed by atoms with van der Waals surface area (Å²) in [7, 11) is 0. The van der Waals surface area contributed by atoms with Crippen LogP contribution in [0.25, 0.3) is 0 Å². The molecular formula is C13H16ClN3O. The van der Waals surface area contributed by atoms with Gasteiger partial charge in [0.1, 0.15) is 12.2 Å². The minimum absolute atomic E-state index is 0.414. The molecule has 1 aromatic carbocycles. The van der Waals surface area contributed by atoms with E-state index in [1.165, 1.54) is 6.33 Å². The third-order valence-electron chi connectivity index (χ3n) is 2.95. The predicted octanol–water partition coefficient (Wildman–Crippen LogP) is 2.54. The van der Waals surface area contributed by atoms with Crippen molar-refractivity contribution in [3.8, 4) is 0 Å². The van der Waals surface area contributed by atoms with Crippen LogP contribution in [-0.2, 0) is 13.0 Å². The standard InChI is InChI=1S/C13H16ClN3O/c1-3-17-12(15-8-16-17)7-11(18)10-6-4-5-9(2)13(10)14/h4-6,8,11,18H,3,7H2,1-2H3. The molecule has 1 heterocycles. The Morgan fingerprint density at radius 3 is 2.94 bits per heavy atom. The Morgan fingerprint density at radius 2 is 2.22 bits per heavy atom. The Bertz CT molecular complexity index is 539. The van der Waals surface area contributed by atoms with Gasteiger partial charge in [-0.05, 0) is 25.0 Å². The summed E-state index contributed by atoms with van der Waals surface area (Å²) in [5.74, 6) is 0.766. The Morgan fingerprint density at radius 1 is 1.44 bits per heavy atom. The molecule has 18 heavy (non-hydrogen) atoms. The zero-order valence-corrected chi connectivity index (χ0v) is 11.2. The summed E-state index contributed by atoms with van der Waals surface area (Å²) in [6.07, 6.45) is 1.26. The third kappa shape index (κ3) is 2.54. The van der Waals surface area contributed by atoms with E-state index in [2.05, 4.69) is 10.1 Å². The quantitative estimate of drug-likeness (QED) is 0.924. The summed E-state index contributed by atoms with van der Waals surface area (Å²) in [6.45, 7) is 4.65. The number of nitrogens with zero attached hydrogens (tertiary/aromatic N) is 3. The first-order valence-corrected chi connectivity index (χ1v) is 6.31. The Labute approximate surface area is 111 Å². The molecule has 0 fully saturated rings. The second-order valence-electron chi connectivity index (χ2n) is 4.19. The molecule has 0 aliphatic rings. The summed E-state index contributed by atoms with van der Waals surface area (Å²) in [4.78, 5) is 4.15. The number of benzene rings is 1. The van der Waals surface area contributed by atoms with E-state index in [1.54, 1.807) is 4.68 Å². The molecule has 2 rings (SSSR count). The smallest absolute Gasteiger partial charge is 0.138 e. The van der Waals surface area contributed by atoms with Crippen LogP contribution in [0.5, 0.6) is 0 Å². The normalized spacial score (nSPS) is 12.7. The number of hydrogen-bond acceptors (Lipinski definition) is 3. The third-order valence-corrected chi connectivity index (χ3v) is 3.47. The number of rotatable bonds is 4. The average molecular weight is 266 g/mol. The van der Waals surface area contributed by atoms with Gasteiger partial charge in [0, 0.05) is 18.0 Å². The second kappa shape index (κ2) is 5.50. The van der Waals surface area contributed by atoms with Crippen LogP contribution in [-0.4, -0.2) is 19.9 Å². The maximum absolute atomic E-state index is 10.3. The van der Waals surface area contributed by atoms with E-state index < -0.39 is 6.10 Å². The first kappa shape index (κ1) is 13.1. The molecular weight excluding hydrogens is 250 g/mol. The minimum atomic E-state index is -0.660. The number of aryl methyl sites for hydroxylation is 2. The lowest BCUT2D eigenvalue weighted by Crippen LogP contribution is -2.10. The molecule has 0 saturated heterocycles. The highest BCUT2D eigenvalue weighted by atomic mass is 35.5. The second-order valence-corrected chi connectivity index (χ2v) is 4.57. The van der Waals surface area contributed by atoms with Gasteiger partial charge in [0.15, 0.2) is 0 Å². The molecule has 0 amide bonds. The maximum Gasteiger partial charge on any atom is 0.138 e. The molecule has 0 bridgehead atoms. The summed E-state index contributed by atoms with van der Waals surface area (Å²) in [5.41, 5.74) is 1.70. The number of hydrogen-bond donors (Lipinski definition) is 1. The first-order valence-electron chi connectivity index (χ1n) is 5.93. The van der Waals surface area contributed by atoms with E-state index in [0.29, 0.717) is 11.4 Å². The van der Waals surface area contributed by atoms with Gasteiger partial charge in [0.05, 0.1) is 6.10 Å². The van der Waals surface area contributed by atoms with Gasteiger partial charge < -0.3 is 5.11 Å². The van der Waals surface area contributed by atoms with Gasteiger partial charge in [0.2, 0.25) is 0 Å². The Balaban J connectivity index is 2.22. The van der Waals surface area contributed by atoms with E-state index in [0.717, 1.165) is 23.5 Å². The highest BCUT2D eigenvalue weighted by molar-refractivity contribution is 6.32. The minimum Gasteiger partial charge on any atom is -0.388 e. The molecule has 0 saturated carbocycles. The van der Waals surface area contributed by atoms with Gasteiger partial charge in [-0.2, -0.15) is 5.10 Å². The van der Waals surface area contributed by atoms with Gasteiger partial charge in [-0.1, -0.05) is 29.8 Å². The molecule has 1 unspecified atom stereocenters. The van der Waals surface area contributed by atoms with Crippen LogP contribution in [0.4, 0.5) is 0 Å². The van der Waals surface area contributed by atoms with E-state index in [9.17, 15) is 5.11 Å². The summed E-state index contributed by atoms with van der Waals surface area (Å²) in [6, 6.07) is 5.66. The van der Waals surface area contributed by atoms with Gasteiger partial charge >= 0.3 is 0 Å². The number of halogens is 1. The molecule has 2 aromatic rings. The lowest BCUT2D eigenvalue weighted by atomic mass is 10.0. The first-order chi connectivity index (χ1) is 8.63. The van der Waals surface area contributed by atoms with Crippen LogP contribution in [0.1, 0.15) is 30.0 Å². The topological polar surface area (TPSA) is 50.9 Å². The van der Waals surface area contributed by atoms with Crippen LogP contribution in [0.15, 0.2) is 24.5 Å². The summed E-state index contributed by atoms with van der Waals surface area (Å²) < 4.78 is 1.77. The van der Waals surface area contributed by atoms with Gasteiger partial charge in [0.25, 0.3) is 0 Å². The number of aromatic nitrogens is 3. The number of aliphatic hydroxyl groups is 1. The van der Waals surface area contributed by atoms with Crippen molar-refractivity contribution >= 4 is 11.6 Å². The van der Waals surface area contributed by atoms with Crippen molar-refractivity contribution in [3.63, 3.8) is 0 Å². The largest absolute Gasteiger partial charge is 0.388 e. The van der Waals surface area contributed by atoms with Crippen LogP contribution >= 0.6 is 11.6 Å². The molecule has 96 valence electrons. The zero-order valence-electron chi connectivity index (χ0n) is 10.5. The molecule has 5 heteroatoms. The summed E-state index contributed by atoms with van der Waals surface area (Å²) >= 11 is 6.20. The fourth-order valence-electron chi connectivity index (χ4n) is 1.92. The maximum atomic E-state index is 10.3. The van der Waals surface area contributed by atoms with Crippen molar-refractivity contribution in [2.45, 2.75) is 32.9 Å². The molecule has 1 atom stereocenters. The van der Waals surface area contributed by atoms with Crippen molar-refractivity contribution in [1.82, 2.24) is 14.8 Å². The van der Waals surface area contributed by atoms with Gasteiger partial charge in [-0.3, -0.25) is 4.68 Å². The molecule has 0 aliphatic carbocycles. The van der Waals surface area contributed by atoms with Crippen molar-refractivity contribution in [2.24, 2.45) is 0 Å². The lowest BCUT2D eigenvalue weighted by Gasteiger charge is -2.13. The van der Waals surface area contributed by atoms with Crippen LogP contribution in [0, 0.1) is 6.92 Å². The van der Waals surface area contributed by atoms with Crippen LogP contribution in [0.2, 0.25) is 5.02 Å². The monoisotopic (exact) mass is 265 g/mol. The van der Waals surface area contributed by atoms with E-state index in [1.807, 2.05) is 32.0 Å². The molecule has 1 aromatic heterocycles. The zero-order chi connectivity index (χ0) is 13.1. The number of aliphatic hydroxyl groups excluding tert-OH is 1. The van der Waals surface area contributed by atoms with Crippen molar-refractivity contribution in [2.75, 3.05) is 0 Å². The summed E-state index contributed by atoms with van der Waals surface area (Å²) in [5, 5.41) is 15.0. The molecule has 1 N–H and O–H groups in total. The SMILES string of the molecule is CCn1ncnc1CC(O)c1cccc(C)c1Cl. The van der Waals surface area contributed by atoms with Crippen LogP contribution < -0.4 is 0 Å². The van der Waals surface area contributed by atoms with Gasteiger partial charge in [-0.25, -0.2) is 4.98 Å². The van der Waals surface area contributed by atoms with Crippen molar-refractivity contribution in [3.05, 3.63) is 46.5 Å². The van der Waals surface area contributed by atoms with E-state index in [4.69, 9.17) is 11.6 Å². The molecule has 0 spiro atoms. The van der Waals surface area contributed by atoms with Gasteiger partial charge in [-0.15, -0.1) is 0 Å². The van der Waals surface area contributed by atoms with Crippen molar-refractivity contribution < 1.29 is 5.11 Å². The van der Waals surface area contributed by atoms with Crippen LogP contribution in [0.3, 0.4) is 0 Å². The highest BCUT2D eigenvalue weighted by Crippen LogP contribution is 2.27. The van der Waals surface area contributed by atoms with Crippen molar-refractivity contribution in [1.29, 1.82) is 0 Å². The lowest BCUT2D eigenvalue weighted by molar-refractivity contribution is 0.174. The molecule has 4 nitrogen and oxygen atoms in total. The Kier molecular flexibility index (Phi) is 3.99. The van der Waals surface area contributed by atoms with E-state index in [-0.39, 0.29) is 0 Å². The molecule has 0 aliphatic heterocycles.